The van der Waals surface area contributed by atoms with E-state index < -0.39 is 0 Å². The number of rotatable bonds is 6. The van der Waals surface area contributed by atoms with Crippen LogP contribution in [-0.2, 0) is 16.1 Å². The summed E-state index contributed by atoms with van der Waals surface area (Å²) >= 11 is 5.93. The fraction of sp³-hybridized carbons (Fsp3) is 0.524. The maximum Gasteiger partial charge on any atom is 0.247 e. The van der Waals surface area contributed by atoms with E-state index in [1.807, 2.05) is 28.9 Å². The fourth-order valence-corrected chi connectivity index (χ4v) is 3.93. The minimum Gasteiger partial charge on any atom is -0.419 e. The lowest BCUT2D eigenvalue weighted by molar-refractivity contribution is -0.142. The number of carbonyl (C=O) groups excluding carboxylic acids is 2. The summed E-state index contributed by atoms with van der Waals surface area (Å²) in [4.78, 5) is 29.0. The molecule has 2 heterocycles. The Kier molecular flexibility index (Phi) is 5.85. The van der Waals surface area contributed by atoms with Gasteiger partial charge in [0.25, 0.3) is 0 Å². The molecule has 0 bridgehead atoms. The predicted molar refractivity (Wildman–Crippen MR) is 108 cm³/mol. The molecule has 2 aliphatic rings. The molecule has 1 aliphatic heterocycles. The molecule has 1 aromatic carbocycles. The van der Waals surface area contributed by atoms with Crippen molar-refractivity contribution in [3.8, 4) is 11.5 Å². The summed E-state index contributed by atoms with van der Waals surface area (Å²) in [5.74, 6) is 0.889. The highest BCUT2D eigenvalue weighted by Gasteiger charge is 2.38. The van der Waals surface area contributed by atoms with Crippen molar-refractivity contribution in [2.75, 3.05) is 13.1 Å². The second-order valence-electron chi connectivity index (χ2n) is 7.74. The summed E-state index contributed by atoms with van der Waals surface area (Å²) in [5.41, 5.74) is 0.790. The second-order valence-corrected chi connectivity index (χ2v) is 8.17. The van der Waals surface area contributed by atoms with Gasteiger partial charge in [-0.1, -0.05) is 18.5 Å². The molecular weight excluding hydrogens is 392 g/mol. The quantitative estimate of drug-likeness (QED) is 0.719. The Morgan fingerprint density at radius 2 is 1.97 bits per heavy atom. The van der Waals surface area contributed by atoms with E-state index in [-0.39, 0.29) is 23.8 Å². The third-order valence-corrected chi connectivity index (χ3v) is 5.81. The number of aromatic nitrogens is 2. The minimum absolute atomic E-state index is 0.0901. The summed E-state index contributed by atoms with van der Waals surface area (Å²) < 4.78 is 5.81. The largest absolute Gasteiger partial charge is 0.419 e. The molecule has 0 N–H and O–H groups in total. The zero-order chi connectivity index (χ0) is 20.4. The lowest BCUT2D eigenvalue weighted by Crippen LogP contribution is -2.47. The van der Waals surface area contributed by atoms with E-state index in [1.165, 1.54) is 0 Å². The van der Waals surface area contributed by atoms with Crippen molar-refractivity contribution in [3.05, 3.63) is 35.2 Å². The Balaban J connectivity index is 1.45. The van der Waals surface area contributed by atoms with Gasteiger partial charge in [0.1, 0.15) is 0 Å². The van der Waals surface area contributed by atoms with Crippen LogP contribution in [0.1, 0.15) is 44.9 Å². The van der Waals surface area contributed by atoms with E-state index in [0.29, 0.717) is 36.3 Å². The number of carbonyl (C=O) groups is 2. The number of hydrogen-bond acceptors (Lipinski definition) is 5. The lowest BCUT2D eigenvalue weighted by Gasteiger charge is -2.34. The topological polar surface area (TPSA) is 79.5 Å². The van der Waals surface area contributed by atoms with Crippen LogP contribution < -0.4 is 0 Å². The summed E-state index contributed by atoms with van der Waals surface area (Å²) in [6.45, 7) is 3.42. The van der Waals surface area contributed by atoms with E-state index in [0.717, 1.165) is 37.8 Å². The molecule has 0 spiro atoms. The van der Waals surface area contributed by atoms with E-state index in [1.54, 1.807) is 12.1 Å². The summed E-state index contributed by atoms with van der Waals surface area (Å²) in [6, 6.07) is 7.42. The Morgan fingerprint density at radius 1 is 1.21 bits per heavy atom. The highest BCUT2D eigenvalue weighted by atomic mass is 35.5. The van der Waals surface area contributed by atoms with Crippen molar-refractivity contribution in [2.24, 2.45) is 5.92 Å². The van der Waals surface area contributed by atoms with Crippen molar-refractivity contribution in [1.82, 2.24) is 20.0 Å². The fourth-order valence-electron chi connectivity index (χ4n) is 3.81. The van der Waals surface area contributed by atoms with Crippen LogP contribution >= 0.6 is 11.6 Å². The van der Waals surface area contributed by atoms with Gasteiger partial charge in [0.2, 0.25) is 23.6 Å². The molecule has 8 heteroatoms. The minimum atomic E-state index is -0.154. The standard InChI is InChI=1S/C21H25ClN4O3/c1-2-19(27)25-11-3-4-15(12-25)21(28)26(17-9-10-17)13-18-23-24-20(29-18)14-5-7-16(22)8-6-14/h5-8,15,17H,2-4,9-13H2,1H3. The van der Waals surface area contributed by atoms with Crippen LogP contribution in [0.25, 0.3) is 11.5 Å². The van der Waals surface area contributed by atoms with E-state index in [2.05, 4.69) is 10.2 Å². The first-order chi connectivity index (χ1) is 14.0. The molecule has 2 fully saturated rings. The van der Waals surface area contributed by atoms with Crippen molar-refractivity contribution in [3.63, 3.8) is 0 Å². The van der Waals surface area contributed by atoms with E-state index >= 15 is 0 Å². The van der Waals surface area contributed by atoms with Crippen LogP contribution in [-0.4, -0.2) is 50.9 Å². The average Bonchev–Trinajstić information content (AvgIpc) is 3.49. The van der Waals surface area contributed by atoms with Gasteiger partial charge in [-0.2, -0.15) is 0 Å². The molecule has 0 radical (unpaired) electrons. The summed E-state index contributed by atoms with van der Waals surface area (Å²) in [5, 5.41) is 8.90. The van der Waals surface area contributed by atoms with Crippen LogP contribution in [0.4, 0.5) is 0 Å². The van der Waals surface area contributed by atoms with E-state index in [9.17, 15) is 9.59 Å². The predicted octanol–water partition coefficient (Wildman–Crippen LogP) is 3.53. The summed E-state index contributed by atoms with van der Waals surface area (Å²) in [7, 11) is 0. The van der Waals surface area contributed by atoms with Gasteiger partial charge in [0.05, 0.1) is 12.5 Å². The first kappa shape index (κ1) is 19.9. The number of benzene rings is 1. The maximum atomic E-state index is 13.2. The molecule has 7 nitrogen and oxygen atoms in total. The molecular formula is C21H25ClN4O3. The number of hydrogen-bond donors (Lipinski definition) is 0. The number of nitrogens with zero attached hydrogens (tertiary/aromatic N) is 4. The molecule has 2 amide bonds. The lowest BCUT2D eigenvalue weighted by atomic mass is 9.96. The maximum absolute atomic E-state index is 13.2. The first-order valence-corrected chi connectivity index (χ1v) is 10.6. The number of piperidine rings is 1. The third kappa shape index (κ3) is 4.61. The summed E-state index contributed by atoms with van der Waals surface area (Å²) in [6.07, 6.45) is 4.14. The smallest absolute Gasteiger partial charge is 0.247 e. The van der Waals surface area contributed by atoms with Crippen LogP contribution in [0.2, 0.25) is 5.02 Å². The van der Waals surface area contributed by atoms with Crippen LogP contribution in [0, 0.1) is 5.92 Å². The normalized spacial score (nSPS) is 19.2. The highest BCUT2D eigenvalue weighted by Crippen LogP contribution is 2.32. The molecule has 1 aromatic heterocycles. The molecule has 1 unspecified atom stereocenters. The van der Waals surface area contributed by atoms with Crippen molar-refractivity contribution >= 4 is 23.4 Å². The van der Waals surface area contributed by atoms with Gasteiger partial charge in [-0.25, -0.2) is 0 Å². The van der Waals surface area contributed by atoms with Crippen LogP contribution in [0.15, 0.2) is 28.7 Å². The van der Waals surface area contributed by atoms with Gasteiger partial charge in [-0.15, -0.1) is 10.2 Å². The number of halogens is 1. The molecule has 1 aliphatic carbocycles. The van der Waals surface area contributed by atoms with Gasteiger partial charge >= 0.3 is 0 Å². The molecule has 29 heavy (non-hydrogen) atoms. The molecule has 1 saturated carbocycles. The van der Waals surface area contributed by atoms with Crippen molar-refractivity contribution < 1.29 is 14.0 Å². The molecule has 4 rings (SSSR count). The second kappa shape index (κ2) is 8.53. The van der Waals surface area contributed by atoms with Gasteiger partial charge in [-0.05, 0) is 49.9 Å². The Morgan fingerprint density at radius 3 is 2.66 bits per heavy atom. The highest BCUT2D eigenvalue weighted by molar-refractivity contribution is 6.30. The molecule has 1 atom stereocenters. The van der Waals surface area contributed by atoms with E-state index in [4.69, 9.17) is 16.0 Å². The Labute approximate surface area is 175 Å². The number of likely N-dealkylation sites (tertiary alicyclic amines) is 1. The zero-order valence-electron chi connectivity index (χ0n) is 16.5. The van der Waals surface area contributed by atoms with Gasteiger partial charge in [-0.3, -0.25) is 9.59 Å². The molecule has 154 valence electrons. The molecule has 2 aromatic rings. The third-order valence-electron chi connectivity index (χ3n) is 5.56. The van der Waals surface area contributed by atoms with Crippen LogP contribution in [0.5, 0.6) is 0 Å². The van der Waals surface area contributed by atoms with Gasteiger partial charge < -0.3 is 14.2 Å². The van der Waals surface area contributed by atoms with Crippen molar-refractivity contribution in [2.45, 2.75) is 51.6 Å². The van der Waals surface area contributed by atoms with Crippen LogP contribution in [0.3, 0.4) is 0 Å². The number of amides is 2. The van der Waals surface area contributed by atoms with Crippen molar-refractivity contribution in [1.29, 1.82) is 0 Å². The van der Waals surface area contributed by atoms with Gasteiger partial charge in [0, 0.05) is 36.1 Å². The SMILES string of the molecule is CCC(=O)N1CCCC(C(=O)N(Cc2nnc(-c3ccc(Cl)cc3)o2)C2CC2)C1. The first-order valence-electron chi connectivity index (χ1n) is 10.2. The Hall–Kier alpha value is -2.41. The van der Waals surface area contributed by atoms with Gasteiger partial charge in [0.15, 0.2) is 0 Å². The Bertz CT molecular complexity index is 878. The molecule has 1 saturated heterocycles. The average molecular weight is 417 g/mol. The zero-order valence-corrected chi connectivity index (χ0v) is 17.3. The monoisotopic (exact) mass is 416 g/mol.